The number of hydrogen-bond donors (Lipinski definition) is 0. The number of nitrogens with zero attached hydrogens (tertiary/aromatic N) is 1. The van der Waals surface area contributed by atoms with Gasteiger partial charge in [-0.05, 0) is 76.3 Å². The van der Waals surface area contributed by atoms with Crippen LogP contribution < -0.4 is 4.74 Å². The van der Waals surface area contributed by atoms with E-state index in [1.807, 2.05) is 11.8 Å². The predicted molar refractivity (Wildman–Crippen MR) is 124 cm³/mol. The van der Waals surface area contributed by atoms with Crippen LogP contribution in [-0.2, 0) is 10.9 Å². The van der Waals surface area contributed by atoms with Crippen LogP contribution in [0.4, 0.5) is 0 Å². The molecule has 0 aromatic heterocycles. The molecule has 1 heterocycles. The Morgan fingerprint density at radius 3 is 2.14 bits per heavy atom. The molecule has 150 valence electrons. The highest BCUT2D eigenvalue weighted by Gasteiger charge is 2.37. The van der Waals surface area contributed by atoms with Gasteiger partial charge in [-0.25, -0.2) is 0 Å². The number of fused-ring (bicyclic) bond motifs is 2. The molecule has 1 aliphatic rings. The molecule has 4 rings (SSSR count). The van der Waals surface area contributed by atoms with E-state index in [0.29, 0.717) is 0 Å². The average Bonchev–Trinajstić information content (AvgIpc) is 2.72. The molecule has 3 aromatic rings. The van der Waals surface area contributed by atoms with E-state index in [1.165, 1.54) is 30.0 Å². The van der Waals surface area contributed by atoms with E-state index in [9.17, 15) is 0 Å². The Balaban J connectivity index is 1.65. The van der Waals surface area contributed by atoms with Crippen molar-refractivity contribution in [3.63, 3.8) is 0 Å². The maximum Gasteiger partial charge on any atom is 0.180 e. The highest BCUT2D eigenvalue weighted by atomic mass is 32.2. The summed E-state index contributed by atoms with van der Waals surface area (Å²) in [5, 5.41) is 0. The van der Waals surface area contributed by atoms with E-state index in [-0.39, 0.29) is 17.0 Å². The Morgan fingerprint density at radius 1 is 0.931 bits per heavy atom. The lowest BCUT2D eigenvalue weighted by atomic mass is 10.2. The highest BCUT2D eigenvalue weighted by Crippen LogP contribution is 2.48. The van der Waals surface area contributed by atoms with E-state index in [2.05, 4.69) is 99.6 Å². The fourth-order valence-corrected chi connectivity index (χ4v) is 7.32. The van der Waals surface area contributed by atoms with Crippen molar-refractivity contribution in [3.05, 3.63) is 72.3 Å². The number of ether oxygens (including phenoxy) is 1. The summed E-state index contributed by atoms with van der Waals surface area (Å²) >= 11 is 1.88. The first-order valence-corrected chi connectivity index (χ1v) is 12.1. The van der Waals surface area contributed by atoms with Crippen LogP contribution in [0.2, 0.25) is 0 Å². The van der Waals surface area contributed by atoms with Crippen molar-refractivity contribution in [1.82, 2.24) is 4.90 Å². The van der Waals surface area contributed by atoms with Gasteiger partial charge in [-0.3, -0.25) is 0 Å². The fourth-order valence-electron chi connectivity index (χ4n) is 3.49. The van der Waals surface area contributed by atoms with Crippen molar-refractivity contribution in [2.24, 2.45) is 0 Å². The standard InChI is InChI=1S/C25H28NOS2/c1-18-17-20(13-14-21(18)27-19(2)15-16-26(3)4)29-24-11-7-5-9-22(24)28-23-10-6-8-12-25(23)29/h5-14,17,19H,15-16H2,1-4H3/q+1. The van der Waals surface area contributed by atoms with Gasteiger partial charge >= 0.3 is 0 Å². The van der Waals surface area contributed by atoms with Crippen molar-refractivity contribution in [3.8, 4) is 5.75 Å². The van der Waals surface area contributed by atoms with Gasteiger partial charge in [0.1, 0.15) is 16.6 Å². The topological polar surface area (TPSA) is 12.5 Å². The molecule has 0 amide bonds. The van der Waals surface area contributed by atoms with Crippen LogP contribution in [0, 0.1) is 6.92 Å². The molecule has 0 spiro atoms. The maximum absolute atomic E-state index is 6.25. The van der Waals surface area contributed by atoms with Gasteiger partial charge in [-0.15, -0.1) is 0 Å². The molecular weight excluding hydrogens is 394 g/mol. The van der Waals surface area contributed by atoms with Gasteiger partial charge in [-0.1, -0.05) is 36.0 Å². The Morgan fingerprint density at radius 2 is 1.55 bits per heavy atom. The average molecular weight is 423 g/mol. The summed E-state index contributed by atoms with van der Waals surface area (Å²) in [7, 11) is 4.12. The quantitative estimate of drug-likeness (QED) is 0.340. The summed E-state index contributed by atoms with van der Waals surface area (Å²) < 4.78 is 6.25. The molecule has 1 atom stereocenters. The summed E-state index contributed by atoms with van der Waals surface area (Å²) in [6.45, 7) is 5.35. The van der Waals surface area contributed by atoms with E-state index in [1.54, 1.807) is 0 Å². The molecule has 0 radical (unpaired) electrons. The van der Waals surface area contributed by atoms with E-state index < -0.39 is 0 Å². The smallest absolute Gasteiger partial charge is 0.180 e. The summed E-state index contributed by atoms with van der Waals surface area (Å²) in [6.07, 6.45) is 1.23. The monoisotopic (exact) mass is 422 g/mol. The van der Waals surface area contributed by atoms with Gasteiger partial charge in [0.2, 0.25) is 0 Å². The normalized spacial score (nSPS) is 14.4. The molecule has 0 aliphatic carbocycles. The van der Waals surface area contributed by atoms with Crippen LogP contribution in [0.3, 0.4) is 0 Å². The van der Waals surface area contributed by atoms with Crippen LogP contribution in [0.5, 0.6) is 5.75 Å². The minimum atomic E-state index is -0.0818. The number of aryl methyl sites for hydroxylation is 1. The summed E-state index contributed by atoms with van der Waals surface area (Å²) in [6, 6.07) is 24.4. The first-order valence-electron chi connectivity index (χ1n) is 10.0. The molecule has 0 saturated heterocycles. The SMILES string of the molecule is Cc1cc([S+]2c3ccccc3Sc3ccccc32)ccc1OC(C)CCN(C)C. The zero-order valence-corrected chi connectivity index (χ0v) is 19.1. The van der Waals surface area contributed by atoms with E-state index in [0.717, 1.165) is 18.7 Å². The van der Waals surface area contributed by atoms with Crippen LogP contribution in [0.1, 0.15) is 18.9 Å². The Hall–Kier alpha value is -1.88. The summed E-state index contributed by atoms with van der Waals surface area (Å²) in [5.41, 5.74) is 1.21. The van der Waals surface area contributed by atoms with Crippen LogP contribution in [0.25, 0.3) is 0 Å². The van der Waals surface area contributed by atoms with Crippen molar-refractivity contribution in [2.45, 2.75) is 50.8 Å². The van der Waals surface area contributed by atoms with E-state index in [4.69, 9.17) is 4.74 Å². The Bertz CT molecular complexity index is 956. The van der Waals surface area contributed by atoms with Crippen molar-refractivity contribution in [2.75, 3.05) is 20.6 Å². The molecule has 29 heavy (non-hydrogen) atoms. The molecule has 0 fully saturated rings. The second-order valence-corrected chi connectivity index (χ2v) is 10.8. The Labute approximate surface area is 181 Å². The van der Waals surface area contributed by atoms with Crippen LogP contribution in [-0.4, -0.2) is 31.6 Å². The predicted octanol–water partition coefficient (Wildman–Crippen LogP) is 6.27. The molecule has 1 unspecified atom stereocenters. The highest BCUT2D eigenvalue weighted by molar-refractivity contribution is 8.04. The van der Waals surface area contributed by atoms with Gasteiger partial charge in [-0.2, -0.15) is 0 Å². The molecule has 2 nitrogen and oxygen atoms in total. The first kappa shape index (κ1) is 20.4. The van der Waals surface area contributed by atoms with Gasteiger partial charge in [0.05, 0.1) is 15.9 Å². The van der Waals surface area contributed by atoms with Gasteiger partial charge < -0.3 is 9.64 Å². The third-order valence-electron chi connectivity index (χ3n) is 5.05. The zero-order chi connectivity index (χ0) is 20.4. The van der Waals surface area contributed by atoms with Gasteiger partial charge in [0, 0.05) is 12.6 Å². The molecular formula is C25H28NOS2+. The van der Waals surface area contributed by atoms with Crippen LogP contribution in [0.15, 0.2) is 91.2 Å². The maximum atomic E-state index is 6.25. The molecule has 3 aromatic carbocycles. The zero-order valence-electron chi connectivity index (χ0n) is 17.5. The second-order valence-electron chi connectivity index (χ2n) is 7.75. The minimum absolute atomic E-state index is 0.0818. The Kier molecular flexibility index (Phi) is 6.23. The van der Waals surface area contributed by atoms with Gasteiger partial charge in [0.15, 0.2) is 14.7 Å². The molecule has 0 N–H and O–H groups in total. The van der Waals surface area contributed by atoms with Crippen LogP contribution >= 0.6 is 11.8 Å². The lowest BCUT2D eigenvalue weighted by Gasteiger charge is -2.21. The van der Waals surface area contributed by atoms with E-state index >= 15 is 0 Å². The summed E-state index contributed by atoms with van der Waals surface area (Å²) in [4.78, 5) is 9.13. The van der Waals surface area contributed by atoms with Gasteiger partial charge in [0.25, 0.3) is 0 Å². The lowest BCUT2D eigenvalue weighted by Crippen LogP contribution is -2.21. The molecule has 1 aliphatic heterocycles. The fraction of sp³-hybridized carbons (Fsp3) is 0.280. The molecule has 0 saturated carbocycles. The third kappa shape index (κ3) is 4.50. The number of rotatable bonds is 6. The third-order valence-corrected chi connectivity index (χ3v) is 8.78. The van der Waals surface area contributed by atoms with Crippen molar-refractivity contribution in [1.29, 1.82) is 0 Å². The van der Waals surface area contributed by atoms with Crippen molar-refractivity contribution >= 4 is 22.7 Å². The first-order chi connectivity index (χ1) is 14.0. The lowest BCUT2D eigenvalue weighted by molar-refractivity contribution is 0.193. The largest absolute Gasteiger partial charge is 0.490 e. The minimum Gasteiger partial charge on any atom is -0.490 e. The summed E-state index contributed by atoms with van der Waals surface area (Å²) in [5.74, 6) is 0.997. The molecule has 4 heteroatoms. The van der Waals surface area contributed by atoms with Crippen molar-refractivity contribution < 1.29 is 4.74 Å². The number of benzene rings is 3. The second kappa shape index (κ2) is 8.86. The molecule has 0 bridgehead atoms. The number of hydrogen-bond acceptors (Lipinski definition) is 3.